The summed E-state index contributed by atoms with van der Waals surface area (Å²) in [6.45, 7) is 0. The summed E-state index contributed by atoms with van der Waals surface area (Å²) >= 11 is 0. The van der Waals surface area contributed by atoms with E-state index in [2.05, 4.69) is 0 Å². The summed E-state index contributed by atoms with van der Waals surface area (Å²) in [5.74, 6) is 0. The van der Waals surface area contributed by atoms with Crippen LogP contribution < -0.4 is 29.6 Å². The van der Waals surface area contributed by atoms with Crippen LogP contribution in [-0.2, 0) is 25.0 Å². The maximum atomic E-state index is 0. The zero-order valence-electron chi connectivity index (χ0n) is 2.56. The summed E-state index contributed by atoms with van der Waals surface area (Å²) in [7, 11) is 0. The maximum absolute atomic E-state index is 0. The van der Waals surface area contributed by atoms with Crippen molar-refractivity contribution in [3.8, 4) is 0 Å². The number of hydrogen-bond donors (Lipinski definition) is 0. The smallest absolute Gasteiger partial charge is 2.00 e. The van der Waals surface area contributed by atoms with Gasteiger partial charge in [-0.25, -0.2) is 0 Å². The minimum Gasteiger partial charge on any atom is -2.00 e. The average molecular weight is 121 g/mol. The first-order valence-corrected chi connectivity index (χ1v) is 0. The summed E-state index contributed by atoms with van der Waals surface area (Å²) in [5.41, 5.74) is 0. The van der Waals surface area contributed by atoms with Gasteiger partial charge in [0.05, 0.1) is 0 Å². The van der Waals surface area contributed by atoms with Crippen molar-refractivity contribution in [2.45, 2.75) is 0 Å². The van der Waals surface area contributed by atoms with Gasteiger partial charge in [0.1, 0.15) is 0 Å². The normalized spacial score (nSPS) is 0. The zero-order valence-corrected chi connectivity index (χ0v) is 7.53. The van der Waals surface area contributed by atoms with Crippen LogP contribution >= 0.6 is 0 Å². The van der Waals surface area contributed by atoms with Crippen molar-refractivity contribution in [2.75, 3.05) is 0 Å². The van der Waals surface area contributed by atoms with Crippen LogP contribution in [0.5, 0.6) is 0 Å². The molecule has 4 heavy (non-hydrogen) atoms. The van der Waals surface area contributed by atoms with Crippen LogP contribution in [0.3, 0.4) is 0 Å². The van der Waals surface area contributed by atoms with Gasteiger partial charge in [0.15, 0.2) is 0 Å². The molecule has 0 aliphatic rings. The molecule has 0 saturated carbocycles. The van der Waals surface area contributed by atoms with Crippen molar-refractivity contribution in [3.63, 3.8) is 0 Å². The first-order chi connectivity index (χ1) is 0. The minimum absolute atomic E-state index is 0. The van der Waals surface area contributed by atoms with Crippen molar-refractivity contribution in [1.29, 1.82) is 0 Å². The Morgan fingerprint density at radius 1 is 1.00 bits per heavy atom. The molecule has 0 aliphatic heterocycles. The molecule has 0 fully saturated rings. The molecule has 0 aromatic heterocycles. The fraction of sp³-hybridized carbons (Fsp3) is 0. The van der Waals surface area contributed by atoms with Crippen molar-refractivity contribution in [1.82, 2.24) is 0 Å². The third-order valence-corrected chi connectivity index (χ3v) is 0. The summed E-state index contributed by atoms with van der Waals surface area (Å²) in [6, 6.07) is 0. The monoisotopic (exact) mass is 120 g/mol. The molecule has 0 bridgehead atoms. The number of rotatable bonds is 0. The average Bonchev–Trinajstić information content (AvgIpc) is 0. The largest absolute Gasteiger partial charge is 2.00 e. The molecule has 0 atom stereocenters. The van der Waals surface area contributed by atoms with E-state index < -0.39 is 0 Å². The molecule has 0 unspecified atom stereocenters. The molecule has 2 nitrogen and oxygen atoms in total. The molecular weight excluding hydrogens is 120 g/mol. The Hall–Kier alpha value is 1.54. The molecule has 0 heterocycles. The Morgan fingerprint density at radius 2 is 1.00 bits per heavy atom. The van der Waals surface area contributed by atoms with Crippen LogP contribution in [0.15, 0.2) is 0 Å². The molecule has 0 amide bonds. The molecular formula is HNaO2Zn. The van der Waals surface area contributed by atoms with Crippen molar-refractivity contribution < 1.29 is 60.0 Å². The topological polar surface area (TPSA) is 58.5 Å². The first kappa shape index (κ1) is 48.0. The van der Waals surface area contributed by atoms with Crippen LogP contribution in [0, 0.1) is 0 Å². The van der Waals surface area contributed by atoms with Crippen LogP contribution in [0.25, 0.3) is 0 Å². The Labute approximate surface area is 59.6 Å². The third-order valence-electron chi connectivity index (χ3n) is 0. The van der Waals surface area contributed by atoms with Crippen molar-refractivity contribution >= 4 is 0 Å². The summed E-state index contributed by atoms with van der Waals surface area (Å²) in [6.07, 6.45) is 0. The van der Waals surface area contributed by atoms with Gasteiger partial charge in [0.25, 0.3) is 0 Å². The van der Waals surface area contributed by atoms with E-state index in [1.165, 1.54) is 0 Å². The van der Waals surface area contributed by atoms with Gasteiger partial charge in [0, 0.05) is 0 Å². The van der Waals surface area contributed by atoms with Crippen LogP contribution in [0.4, 0.5) is 0 Å². The van der Waals surface area contributed by atoms with Crippen molar-refractivity contribution in [3.05, 3.63) is 0 Å². The minimum atomic E-state index is 0. The van der Waals surface area contributed by atoms with E-state index in [1.807, 2.05) is 0 Å². The molecule has 0 rings (SSSR count). The summed E-state index contributed by atoms with van der Waals surface area (Å²) < 4.78 is 0. The molecule has 0 aliphatic carbocycles. The van der Waals surface area contributed by atoms with E-state index in [1.54, 1.807) is 0 Å². The molecule has 0 saturated heterocycles. The van der Waals surface area contributed by atoms with Gasteiger partial charge in [-0.1, -0.05) is 0 Å². The SMILES string of the molecule is [Na+].[O-2].[OH-].[Zn+2]. The summed E-state index contributed by atoms with van der Waals surface area (Å²) in [5, 5.41) is 0. The predicted molar refractivity (Wildman–Crippen MR) is 2.62 cm³/mol. The fourth-order valence-corrected chi connectivity index (χ4v) is 0. The first-order valence-electron chi connectivity index (χ1n) is 0. The molecule has 4 heteroatoms. The Balaban J connectivity index is 0. The zero-order chi connectivity index (χ0) is 0. The van der Waals surface area contributed by atoms with E-state index in [9.17, 15) is 0 Å². The Morgan fingerprint density at radius 3 is 1.00 bits per heavy atom. The number of hydrogen-bond acceptors (Lipinski definition) is 1. The molecule has 0 aromatic carbocycles. The van der Waals surface area contributed by atoms with Gasteiger partial charge in [0.2, 0.25) is 0 Å². The van der Waals surface area contributed by atoms with Gasteiger partial charge in [-0.3, -0.25) is 0 Å². The second kappa shape index (κ2) is 23.9. The van der Waals surface area contributed by atoms with E-state index in [0.717, 1.165) is 0 Å². The van der Waals surface area contributed by atoms with Gasteiger partial charge in [-0.05, 0) is 0 Å². The van der Waals surface area contributed by atoms with Crippen molar-refractivity contribution in [2.24, 2.45) is 0 Å². The predicted octanol–water partition coefficient (Wildman–Crippen LogP) is -3.29. The second-order valence-corrected chi connectivity index (χ2v) is 0. The molecule has 0 radical (unpaired) electrons. The van der Waals surface area contributed by atoms with Gasteiger partial charge < -0.3 is 11.0 Å². The van der Waals surface area contributed by atoms with E-state index in [0.29, 0.717) is 0 Å². The third kappa shape index (κ3) is 9.62. The van der Waals surface area contributed by atoms with Gasteiger partial charge >= 0.3 is 49.0 Å². The maximum Gasteiger partial charge on any atom is 2.00 e. The van der Waals surface area contributed by atoms with Gasteiger partial charge in [-0.2, -0.15) is 0 Å². The van der Waals surface area contributed by atoms with E-state index in [-0.39, 0.29) is 60.0 Å². The fourth-order valence-electron chi connectivity index (χ4n) is 0. The Kier molecular flexibility index (Phi) is 288. The Bertz CT molecular complexity index is 6.00. The molecule has 0 aromatic rings. The van der Waals surface area contributed by atoms with E-state index >= 15 is 0 Å². The molecule has 0 spiro atoms. The molecule has 1 N–H and O–H groups in total. The quantitative estimate of drug-likeness (QED) is 0.310. The van der Waals surface area contributed by atoms with Crippen LogP contribution in [-0.4, -0.2) is 5.48 Å². The van der Waals surface area contributed by atoms with Crippen LogP contribution in [0.2, 0.25) is 0 Å². The standard InChI is InChI=1S/Na.H2O.O.Zn/h;1H2;;/q+1;;-2;+2/p-1. The second-order valence-electron chi connectivity index (χ2n) is 0. The van der Waals surface area contributed by atoms with Crippen LogP contribution in [0.1, 0.15) is 0 Å². The van der Waals surface area contributed by atoms with Gasteiger partial charge in [-0.15, -0.1) is 0 Å². The summed E-state index contributed by atoms with van der Waals surface area (Å²) in [4.78, 5) is 0. The van der Waals surface area contributed by atoms with E-state index in [4.69, 9.17) is 0 Å². The molecule has 16 valence electrons.